The molecule has 0 aromatic heterocycles. The van der Waals surface area contributed by atoms with Crippen LogP contribution in [0.3, 0.4) is 0 Å². The molecule has 4 heteroatoms. The zero-order valence-electron chi connectivity index (χ0n) is 13.2. The van der Waals surface area contributed by atoms with E-state index in [1.54, 1.807) is 0 Å². The van der Waals surface area contributed by atoms with E-state index in [4.69, 9.17) is 18.9 Å². The van der Waals surface area contributed by atoms with E-state index in [0.717, 1.165) is 31.8 Å². The van der Waals surface area contributed by atoms with Gasteiger partial charge in [-0.25, -0.2) is 0 Å². The number of hydrogen-bond acceptors (Lipinski definition) is 4. The van der Waals surface area contributed by atoms with Crippen molar-refractivity contribution < 1.29 is 18.9 Å². The molecule has 0 bridgehead atoms. The molecule has 1 aliphatic heterocycles. The zero-order valence-corrected chi connectivity index (χ0v) is 13.2. The maximum Gasteiger partial charge on any atom is 0.163 e. The molecular formula is C17H26O4. The van der Waals surface area contributed by atoms with Crippen molar-refractivity contribution in [2.24, 2.45) is 0 Å². The quantitative estimate of drug-likeness (QED) is 0.689. The zero-order chi connectivity index (χ0) is 15.1. The summed E-state index contributed by atoms with van der Waals surface area (Å²) in [6.45, 7) is 7.94. The third kappa shape index (κ3) is 5.30. The Morgan fingerprint density at radius 3 is 2.52 bits per heavy atom. The predicted octanol–water partition coefficient (Wildman–Crippen LogP) is 3.40. The standard InChI is InChI=1S/C17H26O4/c1-4-18-12-8-11-15-16(21-17(2,3)20-15)13-19-14-9-6-5-7-10-14/h5-7,9-10,15-16H,4,8,11-13H2,1-3H3/t15-,16+/m0/s1. The van der Waals surface area contributed by atoms with Gasteiger partial charge in [0.25, 0.3) is 0 Å². The summed E-state index contributed by atoms with van der Waals surface area (Å²) in [6, 6.07) is 9.80. The number of hydrogen-bond donors (Lipinski definition) is 0. The van der Waals surface area contributed by atoms with Crippen molar-refractivity contribution in [1.82, 2.24) is 0 Å². The first-order valence-electron chi connectivity index (χ1n) is 7.72. The van der Waals surface area contributed by atoms with Gasteiger partial charge in [0.1, 0.15) is 18.5 Å². The van der Waals surface area contributed by atoms with Gasteiger partial charge in [-0.15, -0.1) is 0 Å². The molecule has 1 saturated heterocycles. The molecule has 4 nitrogen and oxygen atoms in total. The topological polar surface area (TPSA) is 36.9 Å². The minimum absolute atomic E-state index is 0.0400. The van der Waals surface area contributed by atoms with Gasteiger partial charge in [0.15, 0.2) is 5.79 Å². The van der Waals surface area contributed by atoms with Gasteiger partial charge in [0.05, 0.1) is 6.10 Å². The molecule has 0 amide bonds. The van der Waals surface area contributed by atoms with Crippen LogP contribution in [0, 0.1) is 0 Å². The molecule has 118 valence electrons. The first kappa shape index (κ1) is 16.3. The van der Waals surface area contributed by atoms with E-state index < -0.39 is 5.79 Å². The fraction of sp³-hybridized carbons (Fsp3) is 0.647. The Hall–Kier alpha value is -1.10. The Balaban J connectivity index is 1.82. The van der Waals surface area contributed by atoms with Crippen LogP contribution in [0.4, 0.5) is 0 Å². The molecule has 21 heavy (non-hydrogen) atoms. The summed E-state index contributed by atoms with van der Waals surface area (Å²) >= 11 is 0. The lowest BCUT2D eigenvalue weighted by Crippen LogP contribution is -2.29. The lowest BCUT2D eigenvalue weighted by atomic mass is 10.1. The van der Waals surface area contributed by atoms with E-state index in [-0.39, 0.29) is 12.2 Å². The Kier molecular flexibility index (Phi) is 6.03. The van der Waals surface area contributed by atoms with Crippen molar-refractivity contribution in [2.45, 2.75) is 51.6 Å². The monoisotopic (exact) mass is 294 g/mol. The number of ether oxygens (including phenoxy) is 4. The van der Waals surface area contributed by atoms with E-state index >= 15 is 0 Å². The summed E-state index contributed by atoms with van der Waals surface area (Å²) in [6.07, 6.45) is 1.91. The summed E-state index contributed by atoms with van der Waals surface area (Å²) in [5.41, 5.74) is 0. The lowest BCUT2D eigenvalue weighted by molar-refractivity contribution is -0.149. The van der Waals surface area contributed by atoms with Gasteiger partial charge in [0, 0.05) is 13.2 Å². The van der Waals surface area contributed by atoms with Gasteiger partial charge in [-0.3, -0.25) is 0 Å². The lowest BCUT2D eigenvalue weighted by Gasteiger charge is -2.17. The van der Waals surface area contributed by atoms with Crippen molar-refractivity contribution >= 4 is 0 Å². The summed E-state index contributed by atoms with van der Waals surface area (Å²) in [5.74, 6) is 0.319. The number of rotatable bonds is 8. The molecule has 0 spiro atoms. The molecule has 0 aliphatic carbocycles. The van der Waals surface area contributed by atoms with Gasteiger partial charge in [-0.1, -0.05) is 18.2 Å². The van der Waals surface area contributed by atoms with Crippen LogP contribution in [-0.2, 0) is 14.2 Å². The van der Waals surface area contributed by atoms with E-state index in [0.29, 0.717) is 6.61 Å². The van der Waals surface area contributed by atoms with Crippen LogP contribution in [0.15, 0.2) is 30.3 Å². The first-order chi connectivity index (χ1) is 10.1. The maximum atomic E-state index is 5.97. The summed E-state index contributed by atoms with van der Waals surface area (Å²) in [5, 5.41) is 0. The van der Waals surface area contributed by atoms with Gasteiger partial charge in [-0.05, 0) is 45.7 Å². The SMILES string of the molecule is CCOCCC[C@@H]1OC(C)(C)O[C@@H]1COc1ccccc1. The summed E-state index contributed by atoms with van der Waals surface area (Å²) in [7, 11) is 0. The molecule has 0 N–H and O–H groups in total. The van der Waals surface area contributed by atoms with Gasteiger partial charge >= 0.3 is 0 Å². The number of benzene rings is 1. The molecule has 1 aromatic carbocycles. The van der Waals surface area contributed by atoms with E-state index in [2.05, 4.69) is 0 Å². The summed E-state index contributed by atoms with van der Waals surface area (Å²) < 4.78 is 23.1. The molecule has 0 unspecified atom stereocenters. The smallest absolute Gasteiger partial charge is 0.163 e. The largest absolute Gasteiger partial charge is 0.491 e. The highest BCUT2D eigenvalue weighted by molar-refractivity contribution is 5.20. The second-order valence-corrected chi connectivity index (χ2v) is 5.68. The Morgan fingerprint density at radius 2 is 1.81 bits per heavy atom. The molecule has 2 atom stereocenters. The van der Waals surface area contributed by atoms with Gasteiger partial charge in [0.2, 0.25) is 0 Å². The van der Waals surface area contributed by atoms with Crippen LogP contribution in [0.1, 0.15) is 33.6 Å². The highest BCUT2D eigenvalue weighted by Gasteiger charge is 2.41. The highest BCUT2D eigenvalue weighted by Crippen LogP contribution is 2.31. The van der Waals surface area contributed by atoms with Crippen LogP contribution >= 0.6 is 0 Å². The Bertz CT molecular complexity index is 405. The third-order valence-electron chi connectivity index (χ3n) is 3.42. The average molecular weight is 294 g/mol. The van der Waals surface area contributed by atoms with Gasteiger partial charge < -0.3 is 18.9 Å². The van der Waals surface area contributed by atoms with Crippen LogP contribution in [0.2, 0.25) is 0 Å². The summed E-state index contributed by atoms with van der Waals surface area (Å²) in [4.78, 5) is 0. The van der Waals surface area contributed by atoms with Crippen molar-refractivity contribution in [2.75, 3.05) is 19.8 Å². The van der Waals surface area contributed by atoms with Crippen molar-refractivity contribution in [1.29, 1.82) is 0 Å². The van der Waals surface area contributed by atoms with Crippen LogP contribution < -0.4 is 4.74 Å². The molecule has 0 saturated carbocycles. The van der Waals surface area contributed by atoms with E-state index in [9.17, 15) is 0 Å². The van der Waals surface area contributed by atoms with Crippen LogP contribution in [0.5, 0.6) is 5.75 Å². The highest BCUT2D eigenvalue weighted by atomic mass is 16.8. The molecule has 0 radical (unpaired) electrons. The fourth-order valence-corrected chi connectivity index (χ4v) is 2.52. The van der Waals surface area contributed by atoms with Crippen molar-refractivity contribution in [3.8, 4) is 5.75 Å². The second-order valence-electron chi connectivity index (χ2n) is 5.68. The van der Waals surface area contributed by atoms with Crippen LogP contribution in [-0.4, -0.2) is 37.8 Å². The van der Waals surface area contributed by atoms with Crippen LogP contribution in [0.25, 0.3) is 0 Å². The van der Waals surface area contributed by atoms with E-state index in [1.807, 2.05) is 51.1 Å². The third-order valence-corrected chi connectivity index (χ3v) is 3.42. The van der Waals surface area contributed by atoms with Crippen molar-refractivity contribution in [3.05, 3.63) is 30.3 Å². The number of para-hydroxylation sites is 1. The fourth-order valence-electron chi connectivity index (χ4n) is 2.52. The molecule has 1 heterocycles. The molecule has 1 aromatic rings. The molecular weight excluding hydrogens is 268 g/mol. The predicted molar refractivity (Wildman–Crippen MR) is 81.5 cm³/mol. The minimum Gasteiger partial charge on any atom is -0.491 e. The van der Waals surface area contributed by atoms with Crippen molar-refractivity contribution in [3.63, 3.8) is 0 Å². The first-order valence-corrected chi connectivity index (χ1v) is 7.72. The molecule has 1 fully saturated rings. The van der Waals surface area contributed by atoms with E-state index in [1.165, 1.54) is 0 Å². The maximum absolute atomic E-state index is 5.97. The molecule has 2 rings (SSSR count). The Morgan fingerprint density at radius 1 is 1.10 bits per heavy atom. The normalized spacial score (nSPS) is 24.1. The average Bonchev–Trinajstić information content (AvgIpc) is 2.77. The Labute approximate surface area is 127 Å². The van der Waals surface area contributed by atoms with Gasteiger partial charge in [-0.2, -0.15) is 0 Å². The molecule has 1 aliphatic rings. The minimum atomic E-state index is -0.541. The second kappa shape index (κ2) is 7.78.